The molecule has 7 heteroatoms. The lowest BCUT2D eigenvalue weighted by atomic mass is 9.80. The Labute approximate surface area is 163 Å². The predicted molar refractivity (Wildman–Crippen MR) is 106 cm³/mol. The molecule has 0 saturated carbocycles. The predicted octanol–water partition coefficient (Wildman–Crippen LogP) is 4.28. The third-order valence-electron chi connectivity index (χ3n) is 4.59. The van der Waals surface area contributed by atoms with E-state index in [0.29, 0.717) is 29.9 Å². The van der Waals surface area contributed by atoms with Crippen LogP contribution in [0.25, 0.3) is 0 Å². The van der Waals surface area contributed by atoms with Crippen LogP contribution in [0.1, 0.15) is 21.7 Å². The molecule has 2 aromatic rings. The number of hydrogen-bond donors (Lipinski definition) is 1. The maximum absolute atomic E-state index is 12.5. The van der Waals surface area contributed by atoms with Crippen molar-refractivity contribution in [2.75, 3.05) is 19.0 Å². The van der Waals surface area contributed by atoms with E-state index in [2.05, 4.69) is 32.7 Å². The summed E-state index contributed by atoms with van der Waals surface area (Å²) in [5.41, 5.74) is 0.354. The number of amides is 1. The van der Waals surface area contributed by atoms with Crippen molar-refractivity contribution in [3.63, 3.8) is 0 Å². The molecule has 3 heterocycles. The molecule has 1 amide bonds. The van der Waals surface area contributed by atoms with Crippen molar-refractivity contribution < 1.29 is 9.53 Å². The van der Waals surface area contributed by atoms with Crippen molar-refractivity contribution in [2.24, 2.45) is 10.9 Å². The van der Waals surface area contributed by atoms with Gasteiger partial charge in [-0.3, -0.25) is 4.79 Å². The molecule has 1 fully saturated rings. The lowest BCUT2D eigenvalue weighted by molar-refractivity contribution is 0.0113. The normalized spacial score (nSPS) is 25.8. The molecule has 1 saturated heterocycles. The minimum Gasteiger partial charge on any atom is -0.381 e. The highest BCUT2D eigenvalue weighted by Gasteiger charge is 2.46. The molecule has 2 aliphatic rings. The van der Waals surface area contributed by atoms with Gasteiger partial charge >= 0.3 is 0 Å². The molecule has 25 heavy (non-hydrogen) atoms. The van der Waals surface area contributed by atoms with E-state index >= 15 is 0 Å². The third kappa shape index (κ3) is 3.43. The molecule has 0 radical (unpaired) electrons. The summed E-state index contributed by atoms with van der Waals surface area (Å²) < 4.78 is 6.78. The average Bonchev–Trinajstić information content (AvgIpc) is 3.09. The van der Waals surface area contributed by atoms with Crippen molar-refractivity contribution in [3.8, 4) is 0 Å². The quantitative estimate of drug-likeness (QED) is 0.764. The molecule has 1 N–H and O–H groups in total. The van der Waals surface area contributed by atoms with E-state index in [4.69, 9.17) is 9.73 Å². The van der Waals surface area contributed by atoms with Crippen molar-refractivity contribution >= 4 is 50.1 Å². The van der Waals surface area contributed by atoms with Crippen molar-refractivity contribution in [1.29, 1.82) is 0 Å². The second kappa shape index (κ2) is 7.23. The van der Waals surface area contributed by atoms with Crippen LogP contribution in [0, 0.1) is 5.92 Å². The van der Waals surface area contributed by atoms with Gasteiger partial charge in [0, 0.05) is 45.0 Å². The third-order valence-corrected chi connectivity index (χ3v) is 7.49. The first-order valence-electron chi connectivity index (χ1n) is 8.09. The molecule has 0 aliphatic carbocycles. The van der Waals surface area contributed by atoms with Gasteiger partial charge in [0.1, 0.15) is 5.54 Å². The number of thioether (sulfide) groups is 1. The zero-order chi connectivity index (χ0) is 17.3. The van der Waals surface area contributed by atoms with Crippen LogP contribution in [0.3, 0.4) is 0 Å². The topological polar surface area (TPSA) is 50.7 Å². The molecule has 2 aliphatic heterocycles. The monoisotopic (exact) mass is 436 g/mol. The fourth-order valence-corrected chi connectivity index (χ4v) is 6.07. The maximum atomic E-state index is 12.5. The van der Waals surface area contributed by atoms with Crippen molar-refractivity contribution in [1.82, 2.24) is 5.32 Å². The summed E-state index contributed by atoms with van der Waals surface area (Å²) in [6, 6.07) is 11.4. The highest BCUT2D eigenvalue weighted by molar-refractivity contribution is 9.10. The van der Waals surface area contributed by atoms with Crippen LogP contribution < -0.4 is 5.32 Å². The summed E-state index contributed by atoms with van der Waals surface area (Å²) in [6.45, 7) is 1.41. The number of halogens is 1. The van der Waals surface area contributed by atoms with Gasteiger partial charge in [-0.2, -0.15) is 0 Å². The van der Waals surface area contributed by atoms with Crippen LogP contribution in [0.2, 0.25) is 0 Å². The minimum absolute atomic E-state index is 0.111. The second-order valence-corrected chi connectivity index (χ2v) is 8.96. The molecule has 0 unspecified atom stereocenters. The van der Waals surface area contributed by atoms with Gasteiger partial charge in [-0.1, -0.05) is 30.0 Å². The van der Waals surface area contributed by atoms with Gasteiger partial charge in [0.05, 0.1) is 6.61 Å². The summed E-state index contributed by atoms with van der Waals surface area (Å²) in [4.78, 5) is 18.8. The Hall–Kier alpha value is -1.15. The molecule has 1 aromatic carbocycles. The Balaban J connectivity index is 1.65. The zero-order valence-corrected chi connectivity index (χ0v) is 16.6. The number of carbonyl (C=O) groups is 1. The minimum atomic E-state index is -0.292. The first-order chi connectivity index (χ1) is 12.2. The number of amidine groups is 1. The van der Waals surface area contributed by atoms with Crippen molar-refractivity contribution in [3.05, 3.63) is 56.7 Å². The van der Waals surface area contributed by atoms with Gasteiger partial charge in [0.2, 0.25) is 0 Å². The standard InChI is InChI=1S/C18H17BrN2O2S2/c19-14-8-15(24-11-14)18-6-7-23-9-13(18)10-25-17(21-18)20-16(22)12-4-2-1-3-5-12/h1-5,8,11,13H,6-7,9-10H2,(H,20,21,22)/t13-,18-/m0/s1. The largest absolute Gasteiger partial charge is 0.381 e. The van der Waals surface area contributed by atoms with E-state index in [1.165, 1.54) is 4.88 Å². The van der Waals surface area contributed by atoms with E-state index in [1.807, 2.05) is 30.3 Å². The van der Waals surface area contributed by atoms with E-state index in [-0.39, 0.29) is 11.4 Å². The maximum Gasteiger partial charge on any atom is 0.257 e. The number of nitrogens with zero attached hydrogens (tertiary/aromatic N) is 1. The molecule has 130 valence electrons. The number of nitrogens with one attached hydrogen (secondary N) is 1. The van der Waals surface area contributed by atoms with Gasteiger partial charge < -0.3 is 10.1 Å². The van der Waals surface area contributed by atoms with Crippen LogP contribution in [-0.4, -0.2) is 30.0 Å². The summed E-state index contributed by atoms with van der Waals surface area (Å²) in [6.07, 6.45) is 0.843. The lowest BCUT2D eigenvalue weighted by Crippen LogP contribution is -2.47. The molecule has 0 spiro atoms. The SMILES string of the molecule is O=C(NC1=N[C@@]2(c3cc(Br)cs3)CCOC[C@H]2CS1)c1ccccc1. The number of benzene rings is 1. The molecule has 1 aromatic heterocycles. The summed E-state index contributed by atoms with van der Waals surface area (Å²) in [7, 11) is 0. The van der Waals surface area contributed by atoms with Gasteiger partial charge in [-0.25, -0.2) is 4.99 Å². The number of carbonyl (C=O) groups excluding carboxylic acids is 1. The van der Waals surface area contributed by atoms with Crippen LogP contribution in [-0.2, 0) is 10.3 Å². The number of fused-ring (bicyclic) bond motifs is 1. The number of aliphatic imine (C=N–C) groups is 1. The lowest BCUT2D eigenvalue weighted by Gasteiger charge is -2.43. The van der Waals surface area contributed by atoms with Crippen LogP contribution in [0.5, 0.6) is 0 Å². The highest BCUT2D eigenvalue weighted by Crippen LogP contribution is 2.47. The van der Waals surface area contributed by atoms with Crippen LogP contribution in [0.15, 0.2) is 51.2 Å². The Morgan fingerprint density at radius 2 is 2.20 bits per heavy atom. The van der Waals surface area contributed by atoms with Crippen LogP contribution in [0.4, 0.5) is 0 Å². The Kier molecular flexibility index (Phi) is 4.99. The molecule has 4 rings (SSSR count). The average molecular weight is 437 g/mol. The first kappa shape index (κ1) is 17.3. The smallest absolute Gasteiger partial charge is 0.257 e. The van der Waals surface area contributed by atoms with Gasteiger partial charge in [-0.15, -0.1) is 11.3 Å². The molecular weight excluding hydrogens is 420 g/mol. The molecule has 4 nitrogen and oxygen atoms in total. The Bertz CT molecular complexity index is 808. The molecule has 2 atom stereocenters. The summed E-state index contributed by atoms with van der Waals surface area (Å²) >= 11 is 6.87. The van der Waals surface area contributed by atoms with E-state index in [1.54, 1.807) is 23.1 Å². The fourth-order valence-electron chi connectivity index (χ4n) is 3.26. The number of ether oxygens (including phenoxy) is 1. The number of hydrogen-bond acceptors (Lipinski definition) is 5. The summed E-state index contributed by atoms with van der Waals surface area (Å²) in [5, 5.41) is 5.79. The number of thiophene rings is 1. The zero-order valence-electron chi connectivity index (χ0n) is 13.4. The second-order valence-electron chi connectivity index (χ2n) is 6.12. The van der Waals surface area contributed by atoms with Crippen molar-refractivity contribution in [2.45, 2.75) is 12.0 Å². The van der Waals surface area contributed by atoms with Crippen LogP contribution >= 0.6 is 39.0 Å². The van der Waals surface area contributed by atoms with E-state index in [0.717, 1.165) is 16.6 Å². The fraction of sp³-hybridized carbons (Fsp3) is 0.333. The molecule has 0 bridgehead atoms. The van der Waals surface area contributed by atoms with Gasteiger partial charge in [0.25, 0.3) is 5.91 Å². The summed E-state index contributed by atoms with van der Waals surface area (Å²) in [5.74, 6) is 1.11. The Morgan fingerprint density at radius 3 is 2.96 bits per heavy atom. The number of rotatable bonds is 2. The Morgan fingerprint density at radius 1 is 1.36 bits per heavy atom. The van der Waals surface area contributed by atoms with E-state index < -0.39 is 0 Å². The molecular formula is C18H17BrN2O2S2. The van der Waals surface area contributed by atoms with Gasteiger partial charge in [-0.05, 0) is 34.1 Å². The highest BCUT2D eigenvalue weighted by atomic mass is 79.9. The van der Waals surface area contributed by atoms with E-state index in [9.17, 15) is 4.79 Å². The van der Waals surface area contributed by atoms with Gasteiger partial charge in [0.15, 0.2) is 5.17 Å². The first-order valence-corrected chi connectivity index (χ1v) is 10.7.